The molecular formula is C33H35Cl2N5O4. The molecule has 2 aromatic heterocycles. The molecule has 44 heavy (non-hydrogen) atoms. The molecular weight excluding hydrogens is 601 g/mol. The minimum atomic E-state index is 0.261. The largest absolute Gasteiger partial charge is 0.481 e. The van der Waals surface area contributed by atoms with Crippen molar-refractivity contribution < 1.29 is 18.9 Å². The quantitative estimate of drug-likeness (QED) is 0.201. The van der Waals surface area contributed by atoms with Crippen molar-refractivity contribution in [1.82, 2.24) is 24.8 Å². The Morgan fingerprint density at radius 3 is 1.75 bits per heavy atom. The number of ether oxygens (including phenoxy) is 4. The van der Waals surface area contributed by atoms with Gasteiger partial charge in [0.1, 0.15) is 5.69 Å². The van der Waals surface area contributed by atoms with E-state index >= 15 is 0 Å². The van der Waals surface area contributed by atoms with Gasteiger partial charge in [-0.2, -0.15) is 0 Å². The van der Waals surface area contributed by atoms with E-state index in [1.807, 2.05) is 48.5 Å². The zero-order valence-corrected chi connectivity index (χ0v) is 26.7. The van der Waals surface area contributed by atoms with Crippen LogP contribution in [0.15, 0.2) is 54.7 Å². The molecule has 6 rings (SSSR count). The standard InChI is InChI=1S/C33H35Cl2N5O4/c1-41-21-15-39(16-21)14-20-11-12-27(37-32(20)43-3)25-9-5-7-23(30(25)34)24-8-6-10-26(31(24)35)28-13-36-29(33(38-28)44-4)19-40-17-22(18-40)42-2/h5-13,21-22H,14-19H2,1-4H3. The number of halogens is 2. The number of hydrogen-bond donors (Lipinski definition) is 0. The Bertz CT molecular complexity index is 1520. The lowest BCUT2D eigenvalue weighted by atomic mass is 9.98. The van der Waals surface area contributed by atoms with E-state index in [9.17, 15) is 0 Å². The first-order valence-electron chi connectivity index (χ1n) is 14.4. The SMILES string of the molecule is COc1nc(-c2cccc(-c3cccc(-c4cnc(CN5CC(OC)C5)c(OC)n4)c3Cl)c2Cl)ccc1CN1CC(OC)C1. The molecule has 2 aliphatic rings. The van der Waals surface area contributed by atoms with Crippen LogP contribution in [0.5, 0.6) is 11.8 Å². The lowest BCUT2D eigenvalue weighted by molar-refractivity contribution is -0.0342. The number of aromatic nitrogens is 3. The molecule has 0 atom stereocenters. The predicted octanol–water partition coefficient (Wildman–Crippen LogP) is 5.86. The van der Waals surface area contributed by atoms with Crippen LogP contribution in [-0.2, 0) is 22.6 Å². The maximum atomic E-state index is 7.07. The third kappa shape index (κ3) is 6.13. The predicted molar refractivity (Wildman–Crippen MR) is 171 cm³/mol. The van der Waals surface area contributed by atoms with Gasteiger partial charge in [0.2, 0.25) is 11.8 Å². The zero-order chi connectivity index (χ0) is 30.8. The third-order valence-electron chi connectivity index (χ3n) is 8.26. The van der Waals surface area contributed by atoms with Crippen molar-refractivity contribution >= 4 is 23.2 Å². The Morgan fingerprint density at radius 2 is 1.18 bits per heavy atom. The molecule has 4 heterocycles. The molecule has 0 unspecified atom stereocenters. The summed E-state index contributed by atoms with van der Waals surface area (Å²) < 4.78 is 22.1. The van der Waals surface area contributed by atoms with Crippen LogP contribution in [0, 0.1) is 0 Å². The minimum absolute atomic E-state index is 0.261. The molecule has 230 valence electrons. The van der Waals surface area contributed by atoms with Gasteiger partial charge in [-0.15, -0.1) is 0 Å². The van der Waals surface area contributed by atoms with Crippen molar-refractivity contribution in [3.8, 4) is 45.4 Å². The highest BCUT2D eigenvalue weighted by Gasteiger charge is 2.29. The van der Waals surface area contributed by atoms with Crippen molar-refractivity contribution in [3.05, 3.63) is 76.0 Å². The molecule has 2 fully saturated rings. The van der Waals surface area contributed by atoms with Crippen LogP contribution in [0.25, 0.3) is 33.6 Å². The summed E-state index contributed by atoms with van der Waals surface area (Å²) in [5.41, 5.74) is 6.20. The van der Waals surface area contributed by atoms with E-state index < -0.39 is 0 Å². The van der Waals surface area contributed by atoms with Gasteiger partial charge >= 0.3 is 0 Å². The Morgan fingerprint density at radius 1 is 0.659 bits per heavy atom. The number of hydrogen-bond acceptors (Lipinski definition) is 9. The summed E-state index contributed by atoms with van der Waals surface area (Å²) in [4.78, 5) is 18.8. The second kappa shape index (κ2) is 13.4. The first-order valence-corrected chi connectivity index (χ1v) is 15.2. The Balaban J connectivity index is 1.27. The lowest BCUT2D eigenvalue weighted by Gasteiger charge is -2.38. The summed E-state index contributed by atoms with van der Waals surface area (Å²) in [5.74, 6) is 1.05. The highest BCUT2D eigenvalue weighted by Crippen LogP contribution is 2.42. The molecule has 0 saturated carbocycles. The second-order valence-corrected chi connectivity index (χ2v) is 11.8. The van der Waals surface area contributed by atoms with E-state index in [-0.39, 0.29) is 12.2 Å². The van der Waals surface area contributed by atoms with E-state index in [1.54, 1.807) is 34.6 Å². The maximum Gasteiger partial charge on any atom is 0.237 e. The molecule has 0 spiro atoms. The number of nitrogens with zero attached hydrogens (tertiary/aromatic N) is 5. The fourth-order valence-corrected chi connectivity index (χ4v) is 6.29. The fourth-order valence-electron chi connectivity index (χ4n) is 5.64. The zero-order valence-electron chi connectivity index (χ0n) is 25.2. The summed E-state index contributed by atoms with van der Waals surface area (Å²) >= 11 is 14.1. The van der Waals surface area contributed by atoms with Gasteiger partial charge in [0.15, 0.2) is 0 Å². The Labute approximate surface area is 267 Å². The van der Waals surface area contributed by atoms with Gasteiger partial charge in [-0.1, -0.05) is 65.7 Å². The summed E-state index contributed by atoms with van der Waals surface area (Å²) in [5, 5.41) is 1.06. The van der Waals surface area contributed by atoms with Gasteiger partial charge in [-0.25, -0.2) is 9.97 Å². The van der Waals surface area contributed by atoms with Crippen molar-refractivity contribution in [3.63, 3.8) is 0 Å². The van der Waals surface area contributed by atoms with Gasteiger partial charge in [-0.05, 0) is 6.07 Å². The normalized spacial score (nSPS) is 16.0. The summed E-state index contributed by atoms with van der Waals surface area (Å²) in [6.45, 7) is 4.89. The van der Waals surface area contributed by atoms with Crippen molar-refractivity contribution in [2.24, 2.45) is 0 Å². The molecule has 0 N–H and O–H groups in total. The molecule has 9 nitrogen and oxygen atoms in total. The van der Waals surface area contributed by atoms with Gasteiger partial charge in [0, 0.05) is 81.3 Å². The monoisotopic (exact) mass is 635 g/mol. The van der Waals surface area contributed by atoms with Crippen molar-refractivity contribution in [2.45, 2.75) is 25.3 Å². The van der Waals surface area contributed by atoms with Crippen LogP contribution in [0.3, 0.4) is 0 Å². The highest BCUT2D eigenvalue weighted by molar-refractivity contribution is 6.39. The van der Waals surface area contributed by atoms with Crippen LogP contribution < -0.4 is 9.47 Å². The molecule has 2 aromatic carbocycles. The van der Waals surface area contributed by atoms with E-state index in [1.165, 1.54) is 0 Å². The smallest absolute Gasteiger partial charge is 0.237 e. The first-order chi connectivity index (χ1) is 21.4. The van der Waals surface area contributed by atoms with Crippen LogP contribution in [0.1, 0.15) is 11.3 Å². The van der Waals surface area contributed by atoms with Crippen LogP contribution in [0.4, 0.5) is 0 Å². The second-order valence-electron chi connectivity index (χ2n) is 11.0. The van der Waals surface area contributed by atoms with Crippen molar-refractivity contribution in [1.29, 1.82) is 0 Å². The molecule has 0 aliphatic carbocycles. The van der Waals surface area contributed by atoms with E-state index in [0.29, 0.717) is 39.7 Å². The number of benzene rings is 2. The highest BCUT2D eigenvalue weighted by atomic mass is 35.5. The van der Waals surface area contributed by atoms with E-state index in [4.69, 9.17) is 52.1 Å². The molecule has 0 amide bonds. The third-order valence-corrected chi connectivity index (χ3v) is 9.07. The maximum absolute atomic E-state index is 7.07. The van der Waals surface area contributed by atoms with E-state index in [2.05, 4.69) is 14.8 Å². The van der Waals surface area contributed by atoms with E-state index in [0.717, 1.165) is 66.2 Å². The van der Waals surface area contributed by atoms with Gasteiger partial charge in [0.25, 0.3) is 0 Å². The average Bonchev–Trinajstić information content (AvgIpc) is 3.01. The molecule has 4 aromatic rings. The number of pyridine rings is 1. The minimum Gasteiger partial charge on any atom is -0.481 e. The van der Waals surface area contributed by atoms with Crippen LogP contribution in [0.2, 0.25) is 10.0 Å². The van der Waals surface area contributed by atoms with Gasteiger partial charge in [0.05, 0.1) is 54.1 Å². The lowest BCUT2D eigenvalue weighted by Crippen LogP contribution is -2.51. The summed E-state index contributed by atoms with van der Waals surface area (Å²) in [7, 11) is 6.72. The number of methoxy groups -OCH3 is 4. The van der Waals surface area contributed by atoms with Gasteiger partial charge < -0.3 is 18.9 Å². The summed E-state index contributed by atoms with van der Waals surface area (Å²) in [6.07, 6.45) is 2.28. The average molecular weight is 637 g/mol. The molecule has 0 radical (unpaired) electrons. The summed E-state index contributed by atoms with van der Waals surface area (Å²) in [6, 6.07) is 15.7. The van der Waals surface area contributed by atoms with Crippen molar-refractivity contribution in [2.75, 3.05) is 54.6 Å². The Kier molecular flexibility index (Phi) is 9.32. The molecule has 11 heteroatoms. The molecule has 2 aliphatic heterocycles. The van der Waals surface area contributed by atoms with Gasteiger partial charge in [-0.3, -0.25) is 14.8 Å². The molecule has 0 bridgehead atoms. The topological polar surface area (TPSA) is 82.1 Å². The fraction of sp³-hybridized carbons (Fsp3) is 0.364. The number of rotatable bonds is 11. The first kappa shape index (κ1) is 30.7. The van der Waals surface area contributed by atoms with Crippen LogP contribution >= 0.6 is 23.2 Å². The Hall–Kier alpha value is -3.31. The number of likely N-dealkylation sites (tertiary alicyclic amines) is 2. The van der Waals surface area contributed by atoms with Crippen LogP contribution in [-0.4, -0.2) is 91.6 Å². The molecule has 2 saturated heterocycles.